The van der Waals surface area contributed by atoms with E-state index in [1.54, 1.807) is 19.1 Å². The van der Waals surface area contributed by atoms with E-state index >= 15 is 0 Å². The molecule has 0 saturated heterocycles. The lowest BCUT2D eigenvalue weighted by atomic mass is 9.95. The summed E-state index contributed by atoms with van der Waals surface area (Å²) in [7, 11) is 0. The zero-order valence-electron chi connectivity index (χ0n) is 22.9. The molecule has 1 heterocycles. The number of carbonyl (C=O) groups excluding carboxylic acids is 2. The molecular weight excluding hydrogens is 482 g/mol. The van der Waals surface area contributed by atoms with E-state index in [1.807, 2.05) is 26.8 Å². The lowest BCUT2D eigenvalue weighted by Gasteiger charge is -2.25. The van der Waals surface area contributed by atoms with E-state index < -0.39 is 0 Å². The molecule has 8 heteroatoms. The Hall–Kier alpha value is -3.94. The van der Waals surface area contributed by atoms with Crippen LogP contribution >= 0.6 is 0 Å². The number of amides is 2. The number of para-hydroxylation sites is 1. The summed E-state index contributed by atoms with van der Waals surface area (Å²) in [5.74, 6) is -0.867. The number of hydrogen-bond donors (Lipinski definition) is 5. The molecule has 1 aliphatic heterocycles. The van der Waals surface area contributed by atoms with Crippen molar-refractivity contribution in [1.29, 1.82) is 0 Å². The number of aromatic hydroxyl groups is 3. The van der Waals surface area contributed by atoms with Crippen LogP contribution in [0.25, 0.3) is 0 Å². The van der Waals surface area contributed by atoms with Gasteiger partial charge in [0.2, 0.25) is 5.91 Å². The number of anilines is 3. The molecule has 0 fully saturated rings. The van der Waals surface area contributed by atoms with Crippen molar-refractivity contribution in [1.82, 2.24) is 5.32 Å². The minimum absolute atomic E-state index is 0.0119. The summed E-state index contributed by atoms with van der Waals surface area (Å²) in [5.41, 5.74) is 3.24. The van der Waals surface area contributed by atoms with Crippen LogP contribution < -0.4 is 15.5 Å². The predicted octanol–water partition coefficient (Wildman–Crippen LogP) is 6.27. The second-order valence-corrected chi connectivity index (χ2v) is 10.7. The molecule has 0 radical (unpaired) electrons. The van der Waals surface area contributed by atoms with Crippen LogP contribution in [0.4, 0.5) is 17.1 Å². The van der Waals surface area contributed by atoms with Crippen molar-refractivity contribution in [3.8, 4) is 17.2 Å². The Balaban J connectivity index is 1.67. The molecule has 0 saturated carbocycles. The van der Waals surface area contributed by atoms with Gasteiger partial charge in [-0.05, 0) is 71.9 Å². The largest absolute Gasteiger partial charge is 0.508 e. The quantitative estimate of drug-likeness (QED) is 0.143. The maximum absolute atomic E-state index is 13.5. The second kappa shape index (κ2) is 12.1. The van der Waals surface area contributed by atoms with Crippen LogP contribution in [0.2, 0.25) is 0 Å². The van der Waals surface area contributed by atoms with E-state index in [4.69, 9.17) is 0 Å². The summed E-state index contributed by atoms with van der Waals surface area (Å²) < 4.78 is 0. The number of nitrogens with zero attached hydrogens (tertiary/aromatic N) is 1. The smallest absolute Gasteiger partial charge is 0.260 e. The Morgan fingerprint density at radius 2 is 1.71 bits per heavy atom. The van der Waals surface area contributed by atoms with Crippen LogP contribution in [0.3, 0.4) is 0 Å². The third-order valence-electron chi connectivity index (χ3n) is 6.68. The van der Waals surface area contributed by atoms with E-state index in [0.717, 1.165) is 37.7 Å². The molecule has 0 aliphatic carbocycles. The van der Waals surface area contributed by atoms with Crippen molar-refractivity contribution in [2.45, 2.75) is 72.3 Å². The SMILES string of the molecule is CC(=O)NC(C)(C)CCC/C(C)=C/CC/C(C)=C/CN1C(=O)c2cccc(O)c2Nc2c(O)cc(O)cc21. The average Bonchev–Trinajstić information content (AvgIpc) is 2.92. The number of phenols is 3. The monoisotopic (exact) mass is 521 g/mol. The fraction of sp³-hybridized carbons (Fsp3) is 0.400. The summed E-state index contributed by atoms with van der Waals surface area (Å²) in [6.07, 6.45) is 8.76. The molecule has 2 amide bonds. The van der Waals surface area contributed by atoms with Gasteiger partial charge in [0.1, 0.15) is 22.9 Å². The highest BCUT2D eigenvalue weighted by atomic mass is 16.3. The summed E-state index contributed by atoms with van der Waals surface area (Å²) >= 11 is 0. The van der Waals surface area contributed by atoms with Gasteiger partial charge in [-0.2, -0.15) is 0 Å². The average molecular weight is 522 g/mol. The molecule has 0 unspecified atom stereocenters. The van der Waals surface area contributed by atoms with Gasteiger partial charge in [0.15, 0.2) is 0 Å². The van der Waals surface area contributed by atoms with E-state index in [-0.39, 0.29) is 58.1 Å². The number of hydrogen-bond acceptors (Lipinski definition) is 6. The lowest BCUT2D eigenvalue weighted by Crippen LogP contribution is -2.42. The molecule has 0 bridgehead atoms. The third-order valence-corrected chi connectivity index (χ3v) is 6.68. The molecule has 0 spiro atoms. The molecule has 8 nitrogen and oxygen atoms in total. The molecular formula is C30H39N3O5. The van der Waals surface area contributed by atoms with E-state index in [9.17, 15) is 24.9 Å². The Labute approximate surface area is 224 Å². The lowest BCUT2D eigenvalue weighted by molar-refractivity contribution is -0.120. The summed E-state index contributed by atoms with van der Waals surface area (Å²) in [6.45, 7) is 9.98. The first-order chi connectivity index (χ1) is 17.9. The third kappa shape index (κ3) is 7.31. The normalized spacial score (nSPS) is 13.9. The molecule has 0 aromatic heterocycles. The van der Waals surface area contributed by atoms with Crippen LogP contribution in [-0.2, 0) is 4.79 Å². The highest BCUT2D eigenvalue weighted by Gasteiger charge is 2.30. The fourth-order valence-corrected chi connectivity index (χ4v) is 4.69. The van der Waals surface area contributed by atoms with Crippen LogP contribution in [0, 0.1) is 0 Å². The Morgan fingerprint density at radius 3 is 2.42 bits per heavy atom. The molecule has 1 aliphatic rings. The van der Waals surface area contributed by atoms with Crippen molar-refractivity contribution in [2.75, 3.05) is 16.8 Å². The minimum atomic E-state index is -0.353. The number of rotatable bonds is 10. The zero-order chi connectivity index (χ0) is 28.0. The van der Waals surface area contributed by atoms with Crippen LogP contribution in [0.15, 0.2) is 53.6 Å². The number of nitrogens with one attached hydrogen (secondary N) is 2. The van der Waals surface area contributed by atoms with Crippen LogP contribution in [0.1, 0.15) is 77.1 Å². The van der Waals surface area contributed by atoms with Crippen molar-refractivity contribution >= 4 is 28.9 Å². The fourth-order valence-electron chi connectivity index (χ4n) is 4.69. The van der Waals surface area contributed by atoms with E-state index in [2.05, 4.69) is 23.6 Å². The van der Waals surface area contributed by atoms with Crippen molar-refractivity contribution in [2.24, 2.45) is 0 Å². The summed E-state index contributed by atoms with van der Waals surface area (Å²) in [6, 6.07) is 7.29. The number of allylic oxidation sites excluding steroid dienone is 3. The molecule has 0 atom stereocenters. The first kappa shape index (κ1) is 28.6. The predicted molar refractivity (Wildman–Crippen MR) is 151 cm³/mol. The molecule has 5 N–H and O–H groups in total. The summed E-state index contributed by atoms with van der Waals surface area (Å²) in [5, 5.41) is 36.9. The van der Waals surface area contributed by atoms with Gasteiger partial charge in [0.25, 0.3) is 5.91 Å². The van der Waals surface area contributed by atoms with Gasteiger partial charge in [-0.1, -0.05) is 29.4 Å². The topological polar surface area (TPSA) is 122 Å². The van der Waals surface area contributed by atoms with E-state index in [1.165, 1.54) is 28.7 Å². The first-order valence-electron chi connectivity index (χ1n) is 12.9. The molecule has 3 rings (SSSR count). The van der Waals surface area contributed by atoms with Crippen molar-refractivity contribution in [3.05, 3.63) is 59.2 Å². The van der Waals surface area contributed by atoms with Crippen LogP contribution in [-0.4, -0.2) is 39.2 Å². The molecule has 38 heavy (non-hydrogen) atoms. The first-order valence-corrected chi connectivity index (χ1v) is 12.9. The number of fused-ring (bicyclic) bond motifs is 2. The van der Waals surface area contributed by atoms with Gasteiger partial charge >= 0.3 is 0 Å². The van der Waals surface area contributed by atoms with Gasteiger partial charge in [0, 0.05) is 31.1 Å². The number of benzene rings is 2. The van der Waals surface area contributed by atoms with Gasteiger partial charge < -0.3 is 30.9 Å². The second-order valence-electron chi connectivity index (χ2n) is 10.7. The van der Waals surface area contributed by atoms with Crippen LogP contribution in [0.5, 0.6) is 17.2 Å². The standard InChI is InChI=1S/C30H39N3O5/c1-19(11-8-15-30(4,5)32-21(3)34)9-6-10-20(2)14-16-33-24-17-22(35)18-26(37)28(24)31-27-23(29(33)38)12-7-13-25(27)36/h7,9,12-14,17-18,31,35-37H,6,8,10-11,15-16H2,1-5H3,(H,32,34)/b19-9+,20-14+. The minimum Gasteiger partial charge on any atom is -0.508 e. The maximum atomic E-state index is 13.5. The van der Waals surface area contributed by atoms with Gasteiger partial charge in [-0.25, -0.2) is 0 Å². The van der Waals surface area contributed by atoms with Gasteiger partial charge in [-0.3, -0.25) is 9.59 Å². The summed E-state index contributed by atoms with van der Waals surface area (Å²) in [4.78, 5) is 26.3. The van der Waals surface area contributed by atoms with Gasteiger partial charge in [-0.15, -0.1) is 0 Å². The Bertz CT molecular complexity index is 1260. The molecule has 2 aromatic rings. The number of phenolic OH excluding ortho intramolecular Hbond substituents is 3. The highest BCUT2D eigenvalue weighted by Crippen LogP contribution is 2.45. The highest BCUT2D eigenvalue weighted by molar-refractivity contribution is 6.15. The van der Waals surface area contributed by atoms with Crippen molar-refractivity contribution < 1.29 is 24.9 Å². The van der Waals surface area contributed by atoms with E-state index in [0.29, 0.717) is 5.69 Å². The molecule has 204 valence electrons. The van der Waals surface area contributed by atoms with Crippen molar-refractivity contribution in [3.63, 3.8) is 0 Å². The Kier molecular flexibility index (Phi) is 9.09. The molecule has 2 aromatic carbocycles. The number of carbonyl (C=O) groups is 2. The zero-order valence-corrected chi connectivity index (χ0v) is 22.9. The maximum Gasteiger partial charge on any atom is 0.260 e. The Morgan fingerprint density at radius 1 is 1.00 bits per heavy atom. The van der Waals surface area contributed by atoms with Gasteiger partial charge in [0.05, 0.1) is 16.9 Å².